The van der Waals surface area contributed by atoms with Gasteiger partial charge >= 0.3 is 0 Å². The highest BCUT2D eigenvalue weighted by molar-refractivity contribution is 8.00. The minimum Gasteiger partial charge on any atom is -0.351 e. The first-order valence-corrected chi connectivity index (χ1v) is 10.8. The van der Waals surface area contributed by atoms with Crippen molar-refractivity contribution in [2.24, 2.45) is 0 Å². The Balaban J connectivity index is 1.71. The van der Waals surface area contributed by atoms with Crippen LogP contribution >= 0.6 is 11.8 Å². The molecule has 2 aromatic carbocycles. The number of thioether (sulfide) groups is 1. The first-order valence-electron chi connectivity index (χ1n) is 9.67. The molecular formula is C22H26FN3O3S. The van der Waals surface area contributed by atoms with E-state index < -0.39 is 0 Å². The number of carbonyl (C=O) groups excluding carboxylic acids is 3. The molecule has 160 valence electrons. The maximum absolute atomic E-state index is 12.9. The summed E-state index contributed by atoms with van der Waals surface area (Å²) in [5.41, 5.74) is 1.87. The molecular weight excluding hydrogens is 405 g/mol. The summed E-state index contributed by atoms with van der Waals surface area (Å²) in [4.78, 5) is 36.1. The molecule has 2 aromatic rings. The molecule has 8 heteroatoms. The lowest BCUT2D eigenvalue weighted by Crippen LogP contribution is -2.32. The van der Waals surface area contributed by atoms with Gasteiger partial charge in [0.2, 0.25) is 11.8 Å². The molecule has 3 amide bonds. The van der Waals surface area contributed by atoms with E-state index in [1.807, 2.05) is 19.9 Å². The van der Waals surface area contributed by atoms with Crippen molar-refractivity contribution >= 4 is 35.2 Å². The topological polar surface area (TPSA) is 87.3 Å². The van der Waals surface area contributed by atoms with E-state index in [0.29, 0.717) is 17.8 Å². The lowest BCUT2D eigenvalue weighted by Gasteiger charge is -2.12. The van der Waals surface area contributed by atoms with Crippen molar-refractivity contribution < 1.29 is 18.8 Å². The van der Waals surface area contributed by atoms with Gasteiger partial charge in [-0.25, -0.2) is 4.39 Å². The highest BCUT2D eigenvalue weighted by Gasteiger charge is 2.10. The third-order valence-corrected chi connectivity index (χ3v) is 5.20. The molecule has 0 aromatic heterocycles. The number of nitrogens with one attached hydrogen (secondary N) is 3. The van der Waals surface area contributed by atoms with Crippen LogP contribution in [0.15, 0.2) is 48.5 Å². The van der Waals surface area contributed by atoms with Crippen molar-refractivity contribution in [2.75, 3.05) is 16.8 Å². The summed E-state index contributed by atoms with van der Waals surface area (Å²) in [6.45, 7) is 4.24. The fraction of sp³-hybridized carbons (Fsp3) is 0.318. The molecule has 1 unspecified atom stereocenters. The number of benzene rings is 2. The van der Waals surface area contributed by atoms with E-state index in [1.165, 1.54) is 36.0 Å². The molecule has 6 nitrogen and oxygen atoms in total. The molecule has 1 atom stereocenters. The first kappa shape index (κ1) is 23.4. The quantitative estimate of drug-likeness (QED) is 0.538. The molecule has 2 rings (SSSR count). The number of halogens is 1. The minimum absolute atomic E-state index is 0.0955. The Kier molecular flexibility index (Phi) is 9.34. The summed E-state index contributed by atoms with van der Waals surface area (Å²) in [6, 6.07) is 12.7. The van der Waals surface area contributed by atoms with E-state index in [0.717, 1.165) is 12.0 Å². The summed E-state index contributed by atoms with van der Waals surface area (Å²) in [5, 5.41) is 8.33. The predicted molar refractivity (Wildman–Crippen MR) is 118 cm³/mol. The van der Waals surface area contributed by atoms with Crippen LogP contribution in [0.2, 0.25) is 0 Å². The molecule has 0 saturated heterocycles. The van der Waals surface area contributed by atoms with Crippen LogP contribution in [0, 0.1) is 5.82 Å². The maximum atomic E-state index is 12.9. The molecule has 0 heterocycles. The highest BCUT2D eigenvalue weighted by Crippen LogP contribution is 2.10. The zero-order chi connectivity index (χ0) is 21.9. The molecule has 0 aliphatic heterocycles. The van der Waals surface area contributed by atoms with Gasteiger partial charge in [0.05, 0.1) is 11.5 Å². The van der Waals surface area contributed by atoms with Gasteiger partial charge in [-0.15, -0.1) is 11.8 Å². The Hall–Kier alpha value is -2.87. The van der Waals surface area contributed by atoms with Gasteiger partial charge in [0.1, 0.15) is 5.82 Å². The molecule has 30 heavy (non-hydrogen) atoms. The van der Waals surface area contributed by atoms with E-state index in [-0.39, 0.29) is 41.1 Å². The second-order valence-electron chi connectivity index (χ2n) is 6.81. The number of rotatable bonds is 10. The van der Waals surface area contributed by atoms with Gasteiger partial charge in [0.15, 0.2) is 0 Å². The van der Waals surface area contributed by atoms with Gasteiger partial charge in [0, 0.05) is 23.8 Å². The molecule has 3 N–H and O–H groups in total. The van der Waals surface area contributed by atoms with Crippen molar-refractivity contribution in [3.63, 3.8) is 0 Å². The Morgan fingerprint density at radius 1 is 1.03 bits per heavy atom. The summed E-state index contributed by atoms with van der Waals surface area (Å²) in [6.07, 6.45) is 0.848. The van der Waals surface area contributed by atoms with Gasteiger partial charge in [-0.1, -0.05) is 19.1 Å². The van der Waals surface area contributed by atoms with Crippen LogP contribution in [0.4, 0.5) is 10.1 Å². The minimum atomic E-state index is -0.374. The van der Waals surface area contributed by atoms with Crippen molar-refractivity contribution in [2.45, 2.75) is 32.9 Å². The Bertz CT molecular complexity index is 874. The number of carbonyl (C=O) groups is 3. The average molecular weight is 432 g/mol. The monoisotopic (exact) mass is 431 g/mol. The Labute approximate surface area is 180 Å². The predicted octanol–water partition coefficient (Wildman–Crippen LogP) is 3.34. The summed E-state index contributed by atoms with van der Waals surface area (Å²) < 4.78 is 12.9. The van der Waals surface area contributed by atoms with E-state index in [9.17, 15) is 18.8 Å². The number of amides is 3. The molecule has 0 radical (unpaired) electrons. The summed E-state index contributed by atoms with van der Waals surface area (Å²) in [5.74, 6) is -0.745. The van der Waals surface area contributed by atoms with Crippen molar-refractivity contribution in [1.29, 1.82) is 0 Å². The van der Waals surface area contributed by atoms with Gasteiger partial charge in [-0.05, 0) is 55.3 Å². The molecule has 0 fully saturated rings. The number of anilines is 1. The van der Waals surface area contributed by atoms with Gasteiger partial charge in [0.25, 0.3) is 5.91 Å². The smallest absolute Gasteiger partial charge is 0.251 e. The van der Waals surface area contributed by atoms with Crippen molar-refractivity contribution in [1.82, 2.24) is 10.6 Å². The molecule has 0 saturated carbocycles. The highest BCUT2D eigenvalue weighted by atomic mass is 32.2. The van der Waals surface area contributed by atoms with E-state index >= 15 is 0 Å². The standard InChI is InChI=1S/C22H26FN3O3S/c1-3-15(2)25-22(29)17-6-4-5-16(11-17)12-24-20(27)13-30-14-21(28)26-19-9-7-18(23)8-10-19/h4-11,15H,3,12-14H2,1-2H3,(H,24,27)(H,25,29)(H,26,28). The van der Waals surface area contributed by atoms with Crippen LogP contribution in [0.5, 0.6) is 0 Å². The van der Waals surface area contributed by atoms with Crippen molar-refractivity contribution in [3.05, 3.63) is 65.5 Å². The van der Waals surface area contributed by atoms with E-state index in [4.69, 9.17) is 0 Å². The zero-order valence-corrected chi connectivity index (χ0v) is 17.9. The Morgan fingerprint density at radius 2 is 1.73 bits per heavy atom. The summed E-state index contributed by atoms with van der Waals surface area (Å²) in [7, 11) is 0. The zero-order valence-electron chi connectivity index (χ0n) is 17.0. The largest absolute Gasteiger partial charge is 0.351 e. The third kappa shape index (κ3) is 8.24. The second-order valence-corrected chi connectivity index (χ2v) is 7.79. The molecule has 0 aliphatic rings. The molecule has 0 spiro atoms. The molecule has 0 aliphatic carbocycles. The van der Waals surface area contributed by atoms with Crippen molar-refractivity contribution in [3.8, 4) is 0 Å². The van der Waals surface area contributed by atoms with Crippen LogP contribution in [0.1, 0.15) is 36.2 Å². The Morgan fingerprint density at radius 3 is 2.43 bits per heavy atom. The average Bonchev–Trinajstić information content (AvgIpc) is 2.74. The number of hydrogen-bond donors (Lipinski definition) is 3. The SMILES string of the molecule is CCC(C)NC(=O)c1cccc(CNC(=O)CSCC(=O)Nc2ccc(F)cc2)c1. The third-order valence-electron chi connectivity index (χ3n) is 4.26. The van der Waals surface area contributed by atoms with Crippen LogP contribution in [-0.4, -0.2) is 35.3 Å². The molecule has 0 bridgehead atoms. The van der Waals surface area contributed by atoms with Crippen LogP contribution in [0.25, 0.3) is 0 Å². The van der Waals surface area contributed by atoms with Crippen LogP contribution < -0.4 is 16.0 Å². The summed E-state index contributed by atoms with van der Waals surface area (Å²) >= 11 is 1.18. The van der Waals surface area contributed by atoms with Gasteiger partial charge in [-0.2, -0.15) is 0 Å². The first-order chi connectivity index (χ1) is 14.4. The maximum Gasteiger partial charge on any atom is 0.251 e. The normalized spacial score (nSPS) is 11.4. The second kappa shape index (κ2) is 12.0. The fourth-order valence-electron chi connectivity index (χ4n) is 2.45. The lowest BCUT2D eigenvalue weighted by molar-refractivity contribution is -0.118. The van der Waals surface area contributed by atoms with E-state index in [2.05, 4.69) is 16.0 Å². The van der Waals surface area contributed by atoms with E-state index in [1.54, 1.807) is 18.2 Å². The van der Waals surface area contributed by atoms with Crippen LogP contribution in [0.3, 0.4) is 0 Å². The van der Waals surface area contributed by atoms with Crippen LogP contribution in [-0.2, 0) is 16.1 Å². The fourth-order valence-corrected chi connectivity index (χ4v) is 3.10. The lowest BCUT2D eigenvalue weighted by atomic mass is 10.1. The number of hydrogen-bond acceptors (Lipinski definition) is 4. The van der Waals surface area contributed by atoms with Gasteiger partial charge in [-0.3, -0.25) is 14.4 Å². The van der Waals surface area contributed by atoms with Gasteiger partial charge < -0.3 is 16.0 Å².